The van der Waals surface area contributed by atoms with Crippen LogP contribution in [0.4, 0.5) is 0 Å². The van der Waals surface area contributed by atoms with Crippen LogP contribution in [0.5, 0.6) is 0 Å². The zero-order valence-electron chi connectivity index (χ0n) is 15.6. The van der Waals surface area contributed by atoms with Crippen molar-refractivity contribution in [1.29, 1.82) is 0 Å². The smallest absolute Gasteiger partial charge is 0.263 e. The second-order valence-electron chi connectivity index (χ2n) is 6.09. The van der Waals surface area contributed by atoms with Gasteiger partial charge in [-0.15, -0.1) is 11.3 Å². The second kappa shape index (κ2) is 10.6. The maximum atomic E-state index is 12.0. The van der Waals surface area contributed by atoms with Gasteiger partial charge in [0.1, 0.15) is 4.88 Å². The minimum Gasteiger partial charge on any atom is -0.355 e. The molecule has 0 radical (unpaired) electrons. The number of thiazole rings is 1. The predicted molar refractivity (Wildman–Crippen MR) is 108 cm³/mol. The SMILES string of the molecule is CN=C(NCCNC(=O)c1scnc1C)NC(C)CCc1ccccc1. The van der Waals surface area contributed by atoms with Crippen LogP contribution in [-0.2, 0) is 6.42 Å². The largest absolute Gasteiger partial charge is 0.355 e. The summed E-state index contributed by atoms with van der Waals surface area (Å²) >= 11 is 1.36. The van der Waals surface area contributed by atoms with Gasteiger partial charge in [0.05, 0.1) is 11.2 Å². The van der Waals surface area contributed by atoms with E-state index in [1.165, 1.54) is 16.9 Å². The molecule has 2 rings (SSSR count). The number of carbonyl (C=O) groups excluding carboxylic acids is 1. The van der Waals surface area contributed by atoms with E-state index in [-0.39, 0.29) is 5.91 Å². The summed E-state index contributed by atoms with van der Waals surface area (Å²) in [4.78, 5) is 21.0. The Morgan fingerprint density at radius 2 is 1.96 bits per heavy atom. The molecule has 0 saturated heterocycles. The van der Waals surface area contributed by atoms with Crippen molar-refractivity contribution in [2.75, 3.05) is 20.1 Å². The lowest BCUT2D eigenvalue weighted by Crippen LogP contribution is -2.45. The average molecular weight is 374 g/mol. The molecule has 0 aliphatic carbocycles. The predicted octanol–water partition coefficient (Wildman–Crippen LogP) is 2.37. The number of nitrogens with one attached hydrogen (secondary N) is 3. The van der Waals surface area contributed by atoms with E-state index in [0.717, 1.165) is 24.5 Å². The summed E-state index contributed by atoms with van der Waals surface area (Å²) in [5, 5.41) is 9.50. The van der Waals surface area contributed by atoms with Gasteiger partial charge in [0.15, 0.2) is 5.96 Å². The number of hydrogen-bond donors (Lipinski definition) is 3. The molecule has 0 aliphatic rings. The summed E-state index contributed by atoms with van der Waals surface area (Å²) < 4.78 is 0. The first-order valence-electron chi connectivity index (χ1n) is 8.79. The lowest BCUT2D eigenvalue weighted by Gasteiger charge is -2.18. The van der Waals surface area contributed by atoms with Gasteiger partial charge in [0, 0.05) is 26.2 Å². The number of hydrogen-bond acceptors (Lipinski definition) is 4. The summed E-state index contributed by atoms with van der Waals surface area (Å²) in [6, 6.07) is 10.8. The summed E-state index contributed by atoms with van der Waals surface area (Å²) in [5.41, 5.74) is 3.79. The van der Waals surface area contributed by atoms with Gasteiger partial charge in [0.2, 0.25) is 0 Å². The van der Waals surface area contributed by atoms with Gasteiger partial charge < -0.3 is 16.0 Å². The lowest BCUT2D eigenvalue weighted by atomic mass is 10.1. The first-order valence-corrected chi connectivity index (χ1v) is 9.67. The van der Waals surface area contributed by atoms with E-state index in [2.05, 4.69) is 57.1 Å². The van der Waals surface area contributed by atoms with Crippen LogP contribution in [0.3, 0.4) is 0 Å². The molecule has 0 spiro atoms. The van der Waals surface area contributed by atoms with Crippen molar-refractivity contribution in [2.45, 2.75) is 32.7 Å². The van der Waals surface area contributed by atoms with E-state index < -0.39 is 0 Å². The molecule has 1 aromatic carbocycles. The quantitative estimate of drug-likeness (QED) is 0.377. The normalized spacial score (nSPS) is 12.5. The second-order valence-corrected chi connectivity index (χ2v) is 6.95. The number of guanidine groups is 1. The third-order valence-corrected chi connectivity index (χ3v) is 4.90. The van der Waals surface area contributed by atoms with Gasteiger partial charge >= 0.3 is 0 Å². The van der Waals surface area contributed by atoms with E-state index in [1.54, 1.807) is 12.6 Å². The van der Waals surface area contributed by atoms with Gasteiger partial charge in [-0.2, -0.15) is 0 Å². The van der Waals surface area contributed by atoms with Crippen molar-refractivity contribution in [3.05, 3.63) is 52.0 Å². The van der Waals surface area contributed by atoms with Crippen molar-refractivity contribution in [3.63, 3.8) is 0 Å². The van der Waals surface area contributed by atoms with Gasteiger partial charge in [0.25, 0.3) is 5.91 Å². The minimum absolute atomic E-state index is 0.0778. The fourth-order valence-electron chi connectivity index (χ4n) is 2.49. The molecule has 140 valence electrons. The summed E-state index contributed by atoms with van der Waals surface area (Å²) in [5.74, 6) is 0.666. The van der Waals surface area contributed by atoms with Crippen LogP contribution in [0.1, 0.15) is 34.3 Å². The maximum Gasteiger partial charge on any atom is 0.263 e. The highest BCUT2D eigenvalue weighted by Gasteiger charge is 2.11. The topological polar surface area (TPSA) is 78.4 Å². The van der Waals surface area contributed by atoms with Gasteiger partial charge in [-0.05, 0) is 32.3 Å². The van der Waals surface area contributed by atoms with Crippen molar-refractivity contribution in [2.24, 2.45) is 4.99 Å². The lowest BCUT2D eigenvalue weighted by molar-refractivity contribution is 0.0957. The molecule has 2 aromatic rings. The molecule has 0 saturated carbocycles. The van der Waals surface area contributed by atoms with Crippen LogP contribution in [0.25, 0.3) is 0 Å². The number of amides is 1. The zero-order valence-corrected chi connectivity index (χ0v) is 16.4. The first-order chi connectivity index (χ1) is 12.6. The summed E-state index contributed by atoms with van der Waals surface area (Å²) in [6.07, 6.45) is 2.04. The molecule has 3 N–H and O–H groups in total. The maximum absolute atomic E-state index is 12.0. The molecule has 6 nitrogen and oxygen atoms in total. The van der Waals surface area contributed by atoms with E-state index >= 15 is 0 Å². The standard InChI is InChI=1S/C19H27N5OS/c1-14(9-10-16-7-5-4-6-8-16)24-19(20-3)22-12-11-21-18(25)17-15(2)23-13-26-17/h4-8,13-14H,9-12H2,1-3H3,(H,21,25)(H2,20,22,24). The van der Waals surface area contributed by atoms with Gasteiger partial charge in [-0.3, -0.25) is 9.79 Å². The fourth-order valence-corrected chi connectivity index (χ4v) is 3.20. The molecule has 1 aromatic heterocycles. The van der Waals surface area contributed by atoms with Crippen LogP contribution < -0.4 is 16.0 Å². The highest BCUT2D eigenvalue weighted by Crippen LogP contribution is 2.11. The Labute approximate surface area is 159 Å². The zero-order chi connectivity index (χ0) is 18.8. The highest BCUT2D eigenvalue weighted by molar-refractivity contribution is 7.11. The molecular weight excluding hydrogens is 346 g/mol. The number of rotatable bonds is 8. The van der Waals surface area contributed by atoms with Crippen LogP contribution in [0, 0.1) is 6.92 Å². The third kappa shape index (κ3) is 6.48. The third-order valence-electron chi connectivity index (χ3n) is 3.97. The molecule has 0 aliphatic heterocycles. The Hall–Kier alpha value is -2.41. The summed E-state index contributed by atoms with van der Waals surface area (Å²) in [6.45, 7) is 5.11. The number of aromatic nitrogens is 1. The van der Waals surface area contributed by atoms with Crippen LogP contribution in [-0.4, -0.2) is 43.0 Å². The molecule has 1 atom stereocenters. The summed E-state index contributed by atoms with van der Waals surface area (Å²) in [7, 11) is 1.75. The number of carbonyl (C=O) groups is 1. The van der Waals surface area contributed by atoms with Crippen molar-refractivity contribution in [3.8, 4) is 0 Å². The van der Waals surface area contributed by atoms with Crippen LogP contribution in [0.15, 0.2) is 40.8 Å². The minimum atomic E-state index is -0.0778. The molecule has 1 unspecified atom stereocenters. The Bertz CT molecular complexity index is 714. The fraction of sp³-hybridized carbons (Fsp3) is 0.421. The Morgan fingerprint density at radius 1 is 1.23 bits per heavy atom. The van der Waals surface area contributed by atoms with Gasteiger partial charge in [-0.25, -0.2) is 4.98 Å². The number of aliphatic imine (C=N–C) groups is 1. The van der Waals surface area contributed by atoms with E-state index in [0.29, 0.717) is 24.0 Å². The van der Waals surface area contributed by atoms with Crippen LogP contribution in [0.2, 0.25) is 0 Å². The molecule has 0 fully saturated rings. The van der Waals surface area contributed by atoms with E-state index in [4.69, 9.17) is 0 Å². The van der Waals surface area contributed by atoms with Crippen LogP contribution >= 0.6 is 11.3 Å². The Morgan fingerprint density at radius 3 is 2.62 bits per heavy atom. The Kier molecular flexibility index (Phi) is 8.08. The molecule has 26 heavy (non-hydrogen) atoms. The van der Waals surface area contributed by atoms with E-state index in [1.807, 2.05) is 13.0 Å². The number of aryl methyl sites for hydroxylation is 2. The van der Waals surface area contributed by atoms with Crippen molar-refractivity contribution in [1.82, 2.24) is 20.9 Å². The molecule has 7 heteroatoms. The van der Waals surface area contributed by atoms with Crippen molar-refractivity contribution < 1.29 is 4.79 Å². The molecule has 1 amide bonds. The van der Waals surface area contributed by atoms with Gasteiger partial charge in [-0.1, -0.05) is 30.3 Å². The number of nitrogens with zero attached hydrogens (tertiary/aromatic N) is 2. The molecule has 0 bridgehead atoms. The average Bonchev–Trinajstić information content (AvgIpc) is 3.09. The number of benzene rings is 1. The molecular formula is C19H27N5OS. The monoisotopic (exact) mass is 373 g/mol. The Balaban J connectivity index is 1.65. The first kappa shape index (κ1) is 19.9. The highest BCUT2D eigenvalue weighted by atomic mass is 32.1. The van der Waals surface area contributed by atoms with Crippen molar-refractivity contribution >= 4 is 23.2 Å². The van der Waals surface area contributed by atoms with E-state index in [9.17, 15) is 4.79 Å². The molecule has 1 heterocycles.